The highest BCUT2D eigenvalue weighted by molar-refractivity contribution is 7.92. The molecule has 34 heavy (non-hydrogen) atoms. The Kier molecular flexibility index (Phi) is 6.79. The molecule has 0 spiro atoms. The molecule has 1 heterocycles. The van der Waals surface area contributed by atoms with Gasteiger partial charge in [-0.05, 0) is 60.9 Å². The second-order valence-electron chi connectivity index (χ2n) is 8.46. The van der Waals surface area contributed by atoms with Crippen LogP contribution in [0.1, 0.15) is 27.0 Å². The SMILES string of the molecule is Cc1ccc(C)c(N(Cc2ccc(C(=O)NC[C@@H]3COc4ccccc4O3)cc2)S(C)(=O)=O)c1. The molecule has 8 heteroatoms. The monoisotopic (exact) mass is 480 g/mol. The predicted molar refractivity (Wildman–Crippen MR) is 132 cm³/mol. The molecule has 7 nitrogen and oxygen atoms in total. The number of para-hydroxylation sites is 2. The van der Waals surface area contributed by atoms with E-state index >= 15 is 0 Å². The quantitative estimate of drug-likeness (QED) is 0.555. The number of carbonyl (C=O) groups is 1. The molecule has 0 bridgehead atoms. The molecule has 1 N–H and O–H groups in total. The Morgan fingerprint density at radius 3 is 2.44 bits per heavy atom. The van der Waals surface area contributed by atoms with E-state index in [1.807, 2.05) is 56.3 Å². The summed E-state index contributed by atoms with van der Waals surface area (Å²) in [6.45, 7) is 4.66. The first-order valence-electron chi connectivity index (χ1n) is 11.0. The number of carbonyl (C=O) groups excluding carboxylic acids is 1. The van der Waals surface area contributed by atoms with Crippen molar-refractivity contribution >= 4 is 21.6 Å². The minimum Gasteiger partial charge on any atom is -0.486 e. The minimum absolute atomic E-state index is 0.178. The van der Waals surface area contributed by atoms with Gasteiger partial charge >= 0.3 is 0 Å². The third-order valence-corrected chi connectivity index (χ3v) is 6.76. The normalized spacial score (nSPS) is 15.0. The van der Waals surface area contributed by atoms with Crippen LogP contribution in [0.2, 0.25) is 0 Å². The summed E-state index contributed by atoms with van der Waals surface area (Å²) in [5.41, 5.74) is 3.78. The topological polar surface area (TPSA) is 84.9 Å². The molecule has 0 radical (unpaired) electrons. The van der Waals surface area contributed by atoms with Gasteiger partial charge in [0.2, 0.25) is 10.0 Å². The maximum atomic E-state index is 12.6. The largest absolute Gasteiger partial charge is 0.486 e. The van der Waals surface area contributed by atoms with E-state index < -0.39 is 10.0 Å². The lowest BCUT2D eigenvalue weighted by Crippen LogP contribution is -2.40. The van der Waals surface area contributed by atoms with Crippen molar-refractivity contribution in [2.75, 3.05) is 23.7 Å². The standard InChI is InChI=1S/C26H28N2O5S/c1-18-8-9-19(2)23(14-18)28(34(3,30)31)16-20-10-12-21(13-11-20)26(29)27-15-22-17-32-24-6-4-5-7-25(24)33-22/h4-14,22H,15-17H2,1-3H3,(H,27,29)/t22-/m1/s1. The molecule has 3 aromatic rings. The molecule has 1 amide bonds. The summed E-state index contributed by atoms with van der Waals surface area (Å²) in [6.07, 6.45) is 0.922. The Balaban J connectivity index is 1.40. The smallest absolute Gasteiger partial charge is 0.251 e. The van der Waals surface area contributed by atoms with Crippen LogP contribution < -0.4 is 19.1 Å². The fraction of sp³-hybridized carbons (Fsp3) is 0.269. The number of nitrogens with one attached hydrogen (secondary N) is 1. The molecule has 0 aromatic heterocycles. The van der Waals surface area contributed by atoms with Crippen LogP contribution in [0.15, 0.2) is 66.7 Å². The Morgan fingerprint density at radius 1 is 1.03 bits per heavy atom. The molecule has 0 saturated carbocycles. The summed E-state index contributed by atoms with van der Waals surface area (Å²) in [5.74, 6) is 1.13. The molecular formula is C26H28N2O5S. The molecule has 0 saturated heterocycles. The Bertz CT molecular complexity index is 1290. The van der Waals surface area contributed by atoms with Crippen LogP contribution >= 0.6 is 0 Å². The lowest BCUT2D eigenvalue weighted by atomic mass is 10.1. The van der Waals surface area contributed by atoms with E-state index in [2.05, 4.69) is 5.32 Å². The van der Waals surface area contributed by atoms with Crippen LogP contribution in [0.25, 0.3) is 0 Å². The minimum atomic E-state index is -3.50. The number of amides is 1. The van der Waals surface area contributed by atoms with Crippen molar-refractivity contribution in [1.82, 2.24) is 5.32 Å². The zero-order valence-electron chi connectivity index (χ0n) is 19.4. The number of fused-ring (bicyclic) bond motifs is 1. The lowest BCUT2D eigenvalue weighted by Gasteiger charge is -2.26. The fourth-order valence-corrected chi connectivity index (χ4v) is 4.71. The Hall–Kier alpha value is -3.52. The first kappa shape index (κ1) is 23.6. The number of sulfonamides is 1. The van der Waals surface area contributed by atoms with Crippen LogP contribution in [0.3, 0.4) is 0 Å². The average molecular weight is 481 g/mol. The summed E-state index contributed by atoms with van der Waals surface area (Å²) in [6, 6.07) is 20.1. The van der Waals surface area contributed by atoms with Gasteiger partial charge in [-0.1, -0.05) is 36.4 Å². The number of benzene rings is 3. The molecule has 0 unspecified atom stereocenters. The highest BCUT2D eigenvalue weighted by Gasteiger charge is 2.22. The van der Waals surface area contributed by atoms with Gasteiger partial charge < -0.3 is 14.8 Å². The van der Waals surface area contributed by atoms with Crippen LogP contribution in [-0.4, -0.2) is 39.8 Å². The highest BCUT2D eigenvalue weighted by Crippen LogP contribution is 2.30. The summed E-state index contributed by atoms with van der Waals surface area (Å²) in [7, 11) is -3.50. The van der Waals surface area contributed by atoms with Crippen LogP contribution in [-0.2, 0) is 16.6 Å². The van der Waals surface area contributed by atoms with Crippen molar-refractivity contribution in [1.29, 1.82) is 0 Å². The van der Waals surface area contributed by atoms with Crippen molar-refractivity contribution in [2.24, 2.45) is 0 Å². The highest BCUT2D eigenvalue weighted by atomic mass is 32.2. The first-order chi connectivity index (χ1) is 16.2. The van der Waals surface area contributed by atoms with E-state index in [-0.39, 0.29) is 18.6 Å². The molecular weight excluding hydrogens is 452 g/mol. The van der Waals surface area contributed by atoms with Gasteiger partial charge in [-0.3, -0.25) is 9.10 Å². The van der Waals surface area contributed by atoms with Gasteiger partial charge in [0.1, 0.15) is 12.7 Å². The van der Waals surface area contributed by atoms with Gasteiger partial charge in [0, 0.05) is 5.56 Å². The van der Waals surface area contributed by atoms with E-state index in [1.54, 1.807) is 24.3 Å². The van der Waals surface area contributed by atoms with Gasteiger partial charge in [0.25, 0.3) is 5.91 Å². The van der Waals surface area contributed by atoms with Crippen molar-refractivity contribution in [3.05, 3.63) is 89.0 Å². The molecule has 1 aliphatic rings. The zero-order valence-corrected chi connectivity index (χ0v) is 20.3. The summed E-state index contributed by atoms with van der Waals surface area (Å²) < 4.78 is 38.0. The van der Waals surface area contributed by atoms with E-state index in [4.69, 9.17) is 9.47 Å². The number of hydrogen-bond acceptors (Lipinski definition) is 5. The molecule has 0 fully saturated rings. The molecule has 178 valence electrons. The number of hydrogen-bond donors (Lipinski definition) is 1. The Morgan fingerprint density at radius 2 is 1.74 bits per heavy atom. The number of rotatable bonds is 7. The predicted octanol–water partition coefficient (Wildman–Crippen LogP) is 3.84. The van der Waals surface area contributed by atoms with Crippen LogP contribution in [0.5, 0.6) is 11.5 Å². The average Bonchev–Trinajstić information content (AvgIpc) is 2.82. The first-order valence-corrected chi connectivity index (χ1v) is 12.9. The fourth-order valence-electron chi connectivity index (χ4n) is 3.77. The van der Waals surface area contributed by atoms with E-state index in [9.17, 15) is 13.2 Å². The summed E-state index contributed by atoms with van der Waals surface area (Å²) in [5, 5.41) is 2.87. The third-order valence-electron chi connectivity index (χ3n) is 5.63. The van der Waals surface area contributed by atoms with Crippen molar-refractivity contribution in [3.63, 3.8) is 0 Å². The van der Waals surface area contributed by atoms with Gasteiger partial charge in [-0.15, -0.1) is 0 Å². The van der Waals surface area contributed by atoms with Crippen LogP contribution in [0, 0.1) is 13.8 Å². The molecule has 1 aliphatic heterocycles. The van der Waals surface area contributed by atoms with Crippen molar-refractivity contribution in [3.8, 4) is 11.5 Å². The zero-order chi connectivity index (χ0) is 24.3. The van der Waals surface area contributed by atoms with E-state index in [0.29, 0.717) is 35.9 Å². The van der Waals surface area contributed by atoms with E-state index in [1.165, 1.54) is 10.6 Å². The summed E-state index contributed by atoms with van der Waals surface area (Å²) >= 11 is 0. The third kappa shape index (κ3) is 5.51. The molecule has 4 rings (SSSR count). The van der Waals surface area contributed by atoms with Gasteiger partial charge in [-0.2, -0.15) is 0 Å². The molecule has 1 atom stereocenters. The number of aryl methyl sites for hydroxylation is 2. The van der Waals surface area contributed by atoms with Crippen molar-refractivity contribution < 1.29 is 22.7 Å². The number of ether oxygens (including phenoxy) is 2. The number of anilines is 1. The van der Waals surface area contributed by atoms with Gasteiger partial charge in [-0.25, -0.2) is 8.42 Å². The van der Waals surface area contributed by atoms with E-state index in [0.717, 1.165) is 16.7 Å². The van der Waals surface area contributed by atoms with Crippen molar-refractivity contribution in [2.45, 2.75) is 26.5 Å². The second-order valence-corrected chi connectivity index (χ2v) is 10.4. The second kappa shape index (κ2) is 9.77. The van der Waals surface area contributed by atoms with Gasteiger partial charge in [0.05, 0.1) is 25.0 Å². The Labute approximate surface area is 200 Å². The maximum absolute atomic E-state index is 12.6. The molecule has 0 aliphatic carbocycles. The number of nitrogens with zero attached hydrogens (tertiary/aromatic N) is 1. The summed E-state index contributed by atoms with van der Waals surface area (Å²) in [4.78, 5) is 12.6. The maximum Gasteiger partial charge on any atom is 0.251 e. The van der Waals surface area contributed by atoms with Crippen LogP contribution in [0.4, 0.5) is 5.69 Å². The van der Waals surface area contributed by atoms with Gasteiger partial charge in [0.15, 0.2) is 11.5 Å². The lowest BCUT2D eigenvalue weighted by molar-refractivity contribution is 0.0789. The molecule has 3 aromatic carbocycles.